The summed E-state index contributed by atoms with van der Waals surface area (Å²) in [7, 11) is 6.22. The molecule has 10 heavy (non-hydrogen) atoms. The Bertz CT molecular complexity index is 149. The number of benzene rings is 1. The van der Waals surface area contributed by atoms with E-state index in [2.05, 4.69) is 19.1 Å². The molecule has 0 nitrogen and oxygen atoms in total. The van der Waals surface area contributed by atoms with Crippen LogP contribution < -0.4 is 0 Å². The maximum Gasteiger partial charge on any atom is 0.0502 e. The molecule has 0 N–H and O–H groups in total. The fourth-order valence-corrected chi connectivity index (χ4v) is 0.534. The van der Waals surface area contributed by atoms with E-state index in [0.29, 0.717) is 0 Å². The van der Waals surface area contributed by atoms with Crippen LogP contribution in [0.4, 0.5) is 0 Å². The molecule has 0 aliphatic carbocycles. The highest BCUT2D eigenvalue weighted by Gasteiger charge is 1.72. The molecule has 0 bridgehead atoms. The van der Waals surface area contributed by atoms with E-state index < -0.39 is 0 Å². The Kier molecular flexibility index (Phi) is 6.05. The Balaban J connectivity index is 0.000000236. The Morgan fingerprint density at radius 1 is 1.20 bits per heavy atom. The van der Waals surface area contributed by atoms with Gasteiger partial charge < -0.3 is 0 Å². The smallest absolute Gasteiger partial charge is 0.0502 e. The zero-order valence-corrected chi connectivity index (χ0v) is 6.54. The van der Waals surface area contributed by atoms with Crippen LogP contribution in [0.25, 0.3) is 0 Å². The highest BCUT2D eigenvalue weighted by molar-refractivity contribution is 6.88. The first kappa shape index (κ1) is 9.35. The van der Waals surface area contributed by atoms with Gasteiger partial charge >= 0.3 is 0 Å². The quantitative estimate of drug-likeness (QED) is 0.468. The summed E-state index contributed by atoms with van der Waals surface area (Å²) in [5.41, 5.74) is 1.32. The highest BCUT2D eigenvalue weighted by Crippen LogP contribution is 1.92. The molecular formula is C8H11B2. The van der Waals surface area contributed by atoms with E-state index in [4.69, 9.17) is 7.74 Å². The zero-order valence-electron chi connectivity index (χ0n) is 6.54. The maximum absolute atomic E-state index is 4.72. The second kappa shape index (κ2) is 6.47. The fourth-order valence-electron chi connectivity index (χ4n) is 0.534. The first-order chi connectivity index (χ1) is 4.81. The molecule has 0 aliphatic heterocycles. The van der Waals surface area contributed by atoms with Crippen molar-refractivity contribution in [1.82, 2.24) is 0 Å². The molecule has 0 fully saturated rings. The van der Waals surface area contributed by atoms with Gasteiger partial charge in [0.25, 0.3) is 0 Å². The predicted molar refractivity (Wildman–Crippen MR) is 48.6 cm³/mol. The second-order valence-electron chi connectivity index (χ2n) is 1.99. The summed E-state index contributed by atoms with van der Waals surface area (Å²) < 4.78 is 0. The Morgan fingerprint density at radius 2 is 1.60 bits per heavy atom. The topological polar surface area (TPSA) is 0 Å². The fraction of sp³-hybridized carbons (Fsp3) is 0.250. The number of aryl methyl sites for hydroxylation is 1. The van der Waals surface area contributed by atoms with Crippen molar-refractivity contribution in [3.8, 4) is 0 Å². The molecule has 0 saturated heterocycles. The van der Waals surface area contributed by atoms with Gasteiger partial charge in [-0.15, -0.1) is 6.82 Å². The van der Waals surface area contributed by atoms with Crippen LogP contribution in [-0.4, -0.2) is 14.9 Å². The molecule has 3 radical (unpaired) electrons. The predicted octanol–water partition coefficient (Wildman–Crippen LogP) is 1.82. The van der Waals surface area contributed by atoms with Gasteiger partial charge in [-0.25, -0.2) is 0 Å². The molecule has 49 valence electrons. The van der Waals surface area contributed by atoms with Crippen LogP contribution in [0.15, 0.2) is 30.3 Å². The van der Waals surface area contributed by atoms with Crippen molar-refractivity contribution < 1.29 is 0 Å². The van der Waals surface area contributed by atoms with E-state index in [1.165, 1.54) is 12.7 Å². The van der Waals surface area contributed by atoms with Crippen LogP contribution in [0.2, 0.25) is 6.82 Å². The van der Waals surface area contributed by atoms with Gasteiger partial charge in [0.05, 0.1) is 7.17 Å². The minimum absolute atomic E-state index is 1.32. The van der Waals surface area contributed by atoms with Gasteiger partial charge in [-0.2, -0.15) is 0 Å². The lowest BCUT2D eigenvalue weighted by Gasteiger charge is -1.82. The van der Waals surface area contributed by atoms with Crippen molar-refractivity contribution >= 4 is 14.9 Å². The van der Waals surface area contributed by atoms with Crippen LogP contribution in [0.5, 0.6) is 0 Å². The molecule has 0 aliphatic rings. The van der Waals surface area contributed by atoms with E-state index in [1.54, 1.807) is 6.82 Å². The minimum Gasteiger partial charge on any atom is -0.101 e. The number of rotatable bonds is 0. The van der Waals surface area contributed by atoms with Crippen molar-refractivity contribution in [3.05, 3.63) is 35.9 Å². The van der Waals surface area contributed by atoms with Crippen LogP contribution in [-0.2, 0) is 0 Å². The normalized spacial score (nSPS) is 7.40. The average molecular weight is 129 g/mol. The van der Waals surface area contributed by atoms with Crippen molar-refractivity contribution in [3.63, 3.8) is 0 Å². The first-order valence-corrected chi connectivity index (χ1v) is 3.32. The van der Waals surface area contributed by atoms with E-state index in [9.17, 15) is 0 Å². The molecule has 1 rings (SSSR count). The van der Waals surface area contributed by atoms with Gasteiger partial charge in [-0.1, -0.05) is 35.9 Å². The molecule has 1 aromatic carbocycles. The third-order valence-electron chi connectivity index (χ3n) is 0.940. The van der Waals surface area contributed by atoms with E-state index in [-0.39, 0.29) is 0 Å². The molecule has 0 atom stereocenters. The summed E-state index contributed by atoms with van der Waals surface area (Å²) in [5, 5.41) is 0. The summed E-state index contributed by atoms with van der Waals surface area (Å²) in [4.78, 5) is 0. The molecule has 2 heteroatoms. The third kappa shape index (κ3) is 5.49. The van der Waals surface area contributed by atoms with Crippen LogP contribution in [0, 0.1) is 6.92 Å². The summed E-state index contributed by atoms with van der Waals surface area (Å²) in [5.74, 6) is 0. The highest BCUT2D eigenvalue weighted by atomic mass is 13.8. The van der Waals surface area contributed by atoms with Crippen molar-refractivity contribution in [2.45, 2.75) is 13.7 Å². The Hall–Kier alpha value is -0.650. The van der Waals surface area contributed by atoms with Crippen molar-refractivity contribution in [1.29, 1.82) is 0 Å². The van der Waals surface area contributed by atoms with Gasteiger partial charge in [0.15, 0.2) is 0 Å². The van der Waals surface area contributed by atoms with Gasteiger partial charge in [0.1, 0.15) is 0 Å². The molecule has 0 heterocycles. The van der Waals surface area contributed by atoms with E-state index >= 15 is 0 Å². The van der Waals surface area contributed by atoms with Crippen molar-refractivity contribution in [2.75, 3.05) is 0 Å². The number of hydrogen-bond donors (Lipinski definition) is 0. The molecular weight excluding hydrogens is 118 g/mol. The SMILES string of the molecule is Cc1ccccc1.[B][B]C. The van der Waals surface area contributed by atoms with Crippen molar-refractivity contribution in [2.24, 2.45) is 0 Å². The third-order valence-corrected chi connectivity index (χ3v) is 0.940. The lowest BCUT2D eigenvalue weighted by molar-refractivity contribution is 1.48. The lowest BCUT2D eigenvalue weighted by Crippen LogP contribution is -1.68. The average Bonchev–Trinajstić information content (AvgIpc) is 1.91. The standard InChI is InChI=1S/C7H8.CH3B2/c1-7-5-3-2-4-6-7;1-3-2/h2-6H,1H3;1H3. The summed E-state index contributed by atoms with van der Waals surface area (Å²) in [6.07, 6.45) is 0. The summed E-state index contributed by atoms with van der Waals surface area (Å²) in [6, 6.07) is 10.3. The zero-order chi connectivity index (χ0) is 7.82. The van der Waals surface area contributed by atoms with Gasteiger partial charge in [-0.3, -0.25) is 0 Å². The summed E-state index contributed by atoms with van der Waals surface area (Å²) in [6.45, 7) is 3.86. The van der Waals surface area contributed by atoms with Gasteiger partial charge in [0, 0.05) is 7.74 Å². The van der Waals surface area contributed by atoms with Gasteiger partial charge in [-0.05, 0) is 6.92 Å². The molecule has 0 spiro atoms. The largest absolute Gasteiger partial charge is 0.101 e. The molecule has 1 aromatic rings. The Labute approximate surface area is 65.3 Å². The maximum atomic E-state index is 4.72. The molecule has 0 aromatic heterocycles. The van der Waals surface area contributed by atoms with Crippen LogP contribution >= 0.6 is 0 Å². The van der Waals surface area contributed by atoms with Crippen LogP contribution in [0.1, 0.15) is 5.56 Å². The first-order valence-electron chi connectivity index (χ1n) is 3.32. The number of hydrogen-bond acceptors (Lipinski definition) is 0. The van der Waals surface area contributed by atoms with E-state index in [0.717, 1.165) is 0 Å². The van der Waals surface area contributed by atoms with Gasteiger partial charge in [0.2, 0.25) is 0 Å². The molecule has 0 saturated carbocycles. The molecule has 0 amide bonds. The second-order valence-corrected chi connectivity index (χ2v) is 1.99. The minimum atomic E-state index is 1.32. The monoisotopic (exact) mass is 129 g/mol. The Morgan fingerprint density at radius 3 is 1.80 bits per heavy atom. The van der Waals surface area contributed by atoms with Crippen LogP contribution in [0.3, 0.4) is 0 Å². The molecule has 0 unspecified atom stereocenters. The van der Waals surface area contributed by atoms with E-state index in [1.807, 2.05) is 18.2 Å². The summed E-state index contributed by atoms with van der Waals surface area (Å²) >= 11 is 0. The lowest BCUT2D eigenvalue weighted by atomic mass is 9.59.